The maximum absolute atomic E-state index is 12.4. The van der Waals surface area contributed by atoms with Crippen LogP contribution >= 0.6 is 22.9 Å². The maximum Gasteiger partial charge on any atom is 0.414 e. The molecular formula is C24H28ClN3O4S. The van der Waals surface area contributed by atoms with Gasteiger partial charge in [0.15, 0.2) is 0 Å². The summed E-state index contributed by atoms with van der Waals surface area (Å²) >= 11 is 7.10. The molecule has 9 heteroatoms. The standard InChI is InChI=1S/C24H28ClN3O4S/c25-21-6-5-20(33-21)22(30)26-13-19-14-28(23(31)32-19)17-3-1-16(2-4-17)24(9-10-24)15-27-11-7-18(29)8-12-27/h1-6,18-19,29H,7-15H2,(H,26,30). The number of cyclic esters (lactones) is 1. The minimum Gasteiger partial charge on any atom is -0.442 e. The molecule has 1 saturated carbocycles. The van der Waals surface area contributed by atoms with Crippen molar-refractivity contribution < 1.29 is 19.4 Å². The normalized spacial score (nSPS) is 22.9. The summed E-state index contributed by atoms with van der Waals surface area (Å²) in [6.07, 6.45) is 3.11. The number of piperidine rings is 1. The van der Waals surface area contributed by atoms with Crippen LogP contribution in [0.5, 0.6) is 0 Å². The molecule has 5 rings (SSSR count). The number of amides is 2. The lowest BCUT2D eigenvalue weighted by molar-refractivity contribution is 0.0780. The summed E-state index contributed by atoms with van der Waals surface area (Å²) in [4.78, 5) is 29.3. The third kappa shape index (κ3) is 5.04. The second-order valence-electron chi connectivity index (χ2n) is 9.26. The summed E-state index contributed by atoms with van der Waals surface area (Å²) in [5.41, 5.74) is 2.31. The van der Waals surface area contributed by atoms with Crippen LogP contribution in [-0.2, 0) is 10.2 Å². The minimum atomic E-state index is -0.402. The number of halogens is 1. The summed E-state index contributed by atoms with van der Waals surface area (Å²) in [5.74, 6) is -0.219. The largest absolute Gasteiger partial charge is 0.442 e. The second kappa shape index (κ2) is 9.25. The number of likely N-dealkylation sites (tertiary alicyclic amines) is 1. The Bertz CT molecular complexity index is 1010. The first-order chi connectivity index (χ1) is 15.9. The molecule has 7 nitrogen and oxygen atoms in total. The van der Waals surface area contributed by atoms with Crippen molar-refractivity contribution in [3.8, 4) is 0 Å². The number of rotatable bonds is 7. The minimum absolute atomic E-state index is 0.151. The van der Waals surface area contributed by atoms with E-state index in [1.807, 2.05) is 12.1 Å². The van der Waals surface area contributed by atoms with E-state index in [9.17, 15) is 14.7 Å². The van der Waals surface area contributed by atoms with Crippen molar-refractivity contribution in [1.82, 2.24) is 10.2 Å². The van der Waals surface area contributed by atoms with Gasteiger partial charge in [0, 0.05) is 30.7 Å². The highest BCUT2D eigenvalue weighted by Crippen LogP contribution is 2.49. The van der Waals surface area contributed by atoms with E-state index in [1.165, 1.54) is 29.7 Å². The highest BCUT2D eigenvalue weighted by atomic mass is 35.5. The lowest BCUT2D eigenvalue weighted by Crippen LogP contribution is -2.40. The maximum atomic E-state index is 12.4. The van der Waals surface area contributed by atoms with E-state index in [2.05, 4.69) is 22.3 Å². The van der Waals surface area contributed by atoms with E-state index in [0.29, 0.717) is 15.8 Å². The number of aliphatic hydroxyl groups is 1. The highest BCUT2D eigenvalue weighted by molar-refractivity contribution is 7.18. The van der Waals surface area contributed by atoms with E-state index < -0.39 is 12.2 Å². The van der Waals surface area contributed by atoms with Crippen molar-refractivity contribution in [2.75, 3.05) is 37.6 Å². The molecule has 3 aliphatic rings. The van der Waals surface area contributed by atoms with Gasteiger partial charge in [-0.25, -0.2) is 4.79 Å². The molecule has 0 bridgehead atoms. The van der Waals surface area contributed by atoms with Gasteiger partial charge in [-0.05, 0) is 55.5 Å². The summed E-state index contributed by atoms with van der Waals surface area (Å²) in [7, 11) is 0. The Labute approximate surface area is 202 Å². The van der Waals surface area contributed by atoms with E-state index in [0.717, 1.165) is 38.2 Å². The van der Waals surface area contributed by atoms with E-state index in [1.54, 1.807) is 17.0 Å². The van der Waals surface area contributed by atoms with Crippen LogP contribution in [-0.4, -0.2) is 66.9 Å². The Morgan fingerprint density at radius 1 is 1.18 bits per heavy atom. The number of ether oxygens (including phenoxy) is 1. The number of benzene rings is 1. The van der Waals surface area contributed by atoms with Gasteiger partial charge in [0.2, 0.25) is 0 Å². The van der Waals surface area contributed by atoms with Gasteiger partial charge in [0.05, 0.1) is 28.4 Å². The van der Waals surface area contributed by atoms with E-state index in [4.69, 9.17) is 16.3 Å². The Hall–Kier alpha value is -2.13. The summed E-state index contributed by atoms with van der Waals surface area (Å²) in [5, 5.41) is 12.6. The van der Waals surface area contributed by atoms with Crippen LogP contribution < -0.4 is 10.2 Å². The Morgan fingerprint density at radius 2 is 1.91 bits per heavy atom. The molecule has 1 aliphatic carbocycles. The van der Waals surface area contributed by atoms with Crippen molar-refractivity contribution in [2.24, 2.45) is 0 Å². The van der Waals surface area contributed by atoms with Crippen LogP contribution in [0.2, 0.25) is 4.34 Å². The molecule has 2 amide bonds. The zero-order chi connectivity index (χ0) is 23.0. The van der Waals surface area contributed by atoms with Gasteiger partial charge in [-0.3, -0.25) is 9.69 Å². The van der Waals surface area contributed by atoms with Crippen molar-refractivity contribution in [3.63, 3.8) is 0 Å². The van der Waals surface area contributed by atoms with Gasteiger partial charge in [-0.2, -0.15) is 0 Å². The van der Waals surface area contributed by atoms with Crippen LogP contribution in [0.4, 0.5) is 10.5 Å². The van der Waals surface area contributed by atoms with E-state index >= 15 is 0 Å². The molecule has 1 aromatic heterocycles. The van der Waals surface area contributed by atoms with Gasteiger partial charge in [0.1, 0.15) is 6.10 Å². The smallest absolute Gasteiger partial charge is 0.414 e. The molecule has 0 spiro atoms. The number of nitrogens with one attached hydrogen (secondary N) is 1. The first-order valence-electron chi connectivity index (χ1n) is 11.4. The predicted molar refractivity (Wildman–Crippen MR) is 128 cm³/mol. The van der Waals surface area contributed by atoms with Crippen LogP contribution in [0, 0.1) is 0 Å². The number of anilines is 1. The van der Waals surface area contributed by atoms with E-state index in [-0.39, 0.29) is 24.0 Å². The lowest BCUT2D eigenvalue weighted by Gasteiger charge is -2.33. The lowest BCUT2D eigenvalue weighted by atomic mass is 9.94. The van der Waals surface area contributed by atoms with Crippen molar-refractivity contribution in [1.29, 1.82) is 0 Å². The number of carbonyl (C=O) groups excluding carboxylic acids is 2. The zero-order valence-electron chi connectivity index (χ0n) is 18.3. The summed E-state index contributed by atoms with van der Waals surface area (Å²) < 4.78 is 6.02. The monoisotopic (exact) mass is 489 g/mol. The Kier molecular flexibility index (Phi) is 6.35. The van der Waals surface area contributed by atoms with Gasteiger partial charge in [-0.15, -0.1) is 11.3 Å². The number of nitrogens with zero attached hydrogens (tertiary/aromatic N) is 2. The Morgan fingerprint density at radius 3 is 2.55 bits per heavy atom. The molecule has 1 aromatic carbocycles. The van der Waals surface area contributed by atoms with Crippen molar-refractivity contribution in [2.45, 2.75) is 43.3 Å². The van der Waals surface area contributed by atoms with Crippen molar-refractivity contribution >= 4 is 40.6 Å². The fraction of sp³-hybridized carbons (Fsp3) is 0.500. The fourth-order valence-corrected chi connectivity index (χ4v) is 5.72. The van der Waals surface area contributed by atoms with Crippen molar-refractivity contribution in [3.05, 3.63) is 51.2 Å². The van der Waals surface area contributed by atoms with Gasteiger partial charge >= 0.3 is 6.09 Å². The average molecular weight is 490 g/mol. The fourth-order valence-electron chi connectivity index (χ4n) is 4.76. The number of thiophene rings is 1. The molecule has 33 heavy (non-hydrogen) atoms. The summed E-state index contributed by atoms with van der Waals surface area (Å²) in [6, 6.07) is 11.6. The topological polar surface area (TPSA) is 82.1 Å². The van der Waals surface area contributed by atoms with Gasteiger partial charge in [-0.1, -0.05) is 23.7 Å². The Balaban J connectivity index is 1.16. The molecule has 3 fully saturated rings. The molecule has 2 N–H and O–H groups in total. The average Bonchev–Trinajstić information content (AvgIpc) is 3.30. The molecule has 0 radical (unpaired) electrons. The first kappa shape index (κ1) is 22.7. The summed E-state index contributed by atoms with van der Waals surface area (Å²) in [6.45, 7) is 3.59. The number of carbonyl (C=O) groups is 2. The highest BCUT2D eigenvalue weighted by Gasteiger charge is 2.45. The van der Waals surface area contributed by atoms with Crippen LogP contribution in [0.25, 0.3) is 0 Å². The van der Waals surface area contributed by atoms with Gasteiger partial charge in [0.25, 0.3) is 5.91 Å². The molecule has 2 aliphatic heterocycles. The quantitative estimate of drug-likeness (QED) is 0.620. The molecule has 2 saturated heterocycles. The van der Waals surface area contributed by atoms with Crippen LogP contribution in [0.1, 0.15) is 40.9 Å². The van der Waals surface area contributed by atoms with Crippen LogP contribution in [0.3, 0.4) is 0 Å². The van der Waals surface area contributed by atoms with Gasteiger partial charge < -0.3 is 20.1 Å². The third-order valence-electron chi connectivity index (χ3n) is 6.89. The second-order valence-corrected chi connectivity index (χ2v) is 11.0. The molecule has 2 aromatic rings. The first-order valence-corrected chi connectivity index (χ1v) is 12.6. The molecule has 176 valence electrons. The molecular weight excluding hydrogens is 462 g/mol. The number of aliphatic hydroxyl groups excluding tert-OH is 1. The SMILES string of the molecule is O=C(NCC1CN(c2ccc(C3(CN4CCC(O)CC4)CC3)cc2)C(=O)O1)c1ccc(Cl)s1. The molecule has 1 unspecified atom stereocenters. The number of hydrogen-bond acceptors (Lipinski definition) is 6. The molecule has 1 atom stereocenters. The molecule has 3 heterocycles. The number of hydrogen-bond donors (Lipinski definition) is 2. The predicted octanol–water partition coefficient (Wildman–Crippen LogP) is 3.65. The van der Waals surface area contributed by atoms with Crippen LogP contribution in [0.15, 0.2) is 36.4 Å². The third-order valence-corrected chi connectivity index (χ3v) is 8.12. The zero-order valence-corrected chi connectivity index (χ0v) is 19.9.